The van der Waals surface area contributed by atoms with Crippen molar-refractivity contribution in [2.75, 3.05) is 13.1 Å². The molecule has 0 spiro atoms. The smallest absolute Gasteiger partial charge is 0.225 e. The zero-order valence-corrected chi connectivity index (χ0v) is 17.1. The van der Waals surface area contributed by atoms with Gasteiger partial charge in [-0.3, -0.25) is 9.48 Å². The lowest BCUT2D eigenvalue weighted by Gasteiger charge is -2.18. The van der Waals surface area contributed by atoms with Crippen LogP contribution in [0.15, 0.2) is 67.0 Å². The number of nitrogens with one attached hydrogen (secondary N) is 2. The van der Waals surface area contributed by atoms with E-state index in [0.717, 1.165) is 29.2 Å². The monoisotopic (exact) mass is 412 g/mol. The van der Waals surface area contributed by atoms with Crippen molar-refractivity contribution < 1.29 is 9.53 Å². The van der Waals surface area contributed by atoms with Crippen molar-refractivity contribution in [3.63, 3.8) is 0 Å². The van der Waals surface area contributed by atoms with Crippen molar-refractivity contribution in [2.24, 2.45) is 13.0 Å². The molecule has 0 unspecified atom stereocenters. The van der Waals surface area contributed by atoms with E-state index in [0.29, 0.717) is 13.1 Å². The Morgan fingerprint density at radius 2 is 1.93 bits per heavy atom. The minimum Gasteiger partial charge on any atom is -0.457 e. The molecule has 0 saturated carbocycles. The van der Waals surface area contributed by atoms with Gasteiger partial charge in [0.05, 0.1) is 12.1 Å². The standard InChI is InChI=1S/C22H24N4O2.ClH/c1-26-15-17(12-25-26)19-13-23-14-20(19)22(27)24-11-16-7-5-6-10-21(16)28-18-8-3-2-4-9-18;/h2-10,12,15,19-20,23H,11,13-14H2,1H3,(H,24,27);1H/t19-,20+;/m1./s1. The third-order valence-corrected chi connectivity index (χ3v) is 5.10. The molecule has 29 heavy (non-hydrogen) atoms. The molecule has 7 heteroatoms. The van der Waals surface area contributed by atoms with E-state index in [1.165, 1.54) is 0 Å². The maximum atomic E-state index is 12.9. The molecule has 152 valence electrons. The molecule has 2 N–H and O–H groups in total. The van der Waals surface area contributed by atoms with Gasteiger partial charge in [0.2, 0.25) is 5.91 Å². The first-order valence-electron chi connectivity index (χ1n) is 9.48. The molecule has 2 aromatic carbocycles. The van der Waals surface area contributed by atoms with E-state index in [1.807, 2.05) is 74.0 Å². The Kier molecular flexibility index (Phi) is 6.90. The van der Waals surface area contributed by atoms with Gasteiger partial charge in [-0.2, -0.15) is 5.10 Å². The van der Waals surface area contributed by atoms with Gasteiger partial charge in [-0.1, -0.05) is 36.4 Å². The summed E-state index contributed by atoms with van der Waals surface area (Å²) in [5.41, 5.74) is 2.05. The highest BCUT2D eigenvalue weighted by molar-refractivity contribution is 5.85. The van der Waals surface area contributed by atoms with Crippen LogP contribution in [0, 0.1) is 5.92 Å². The average molecular weight is 413 g/mol. The van der Waals surface area contributed by atoms with Crippen LogP contribution in [0.25, 0.3) is 0 Å². The highest BCUT2D eigenvalue weighted by Gasteiger charge is 2.34. The fourth-order valence-electron chi connectivity index (χ4n) is 3.61. The molecule has 3 aromatic rings. The first-order chi connectivity index (χ1) is 13.7. The van der Waals surface area contributed by atoms with Crippen molar-refractivity contribution in [1.82, 2.24) is 20.4 Å². The molecule has 6 nitrogen and oxygen atoms in total. The summed E-state index contributed by atoms with van der Waals surface area (Å²) in [6.45, 7) is 1.89. The summed E-state index contributed by atoms with van der Waals surface area (Å²) < 4.78 is 7.76. The first-order valence-corrected chi connectivity index (χ1v) is 9.48. The van der Waals surface area contributed by atoms with Gasteiger partial charge < -0.3 is 15.4 Å². The number of nitrogens with zero attached hydrogens (tertiary/aromatic N) is 2. The number of benzene rings is 2. The topological polar surface area (TPSA) is 68.2 Å². The number of hydrogen-bond donors (Lipinski definition) is 2. The Bertz CT molecular complexity index is 945. The van der Waals surface area contributed by atoms with E-state index in [9.17, 15) is 4.79 Å². The summed E-state index contributed by atoms with van der Waals surface area (Å²) in [5.74, 6) is 1.62. The van der Waals surface area contributed by atoms with E-state index in [2.05, 4.69) is 15.7 Å². The Labute approximate surface area is 176 Å². The highest BCUT2D eigenvalue weighted by Crippen LogP contribution is 2.29. The molecular weight excluding hydrogens is 388 g/mol. The zero-order chi connectivity index (χ0) is 19.3. The van der Waals surface area contributed by atoms with E-state index < -0.39 is 0 Å². The number of rotatable bonds is 6. The SMILES string of the molecule is Cl.Cn1cc([C@H]2CNC[C@@H]2C(=O)NCc2ccccc2Oc2ccccc2)cn1. The number of carbonyl (C=O) groups is 1. The normalized spacial score (nSPS) is 18.1. The molecule has 0 aliphatic carbocycles. The highest BCUT2D eigenvalue weighted by atomic mass is 35.5. The van der Waals surface area contributed by atoms with Crippen LogP contribution in [0.5, 0.6) is 11.5 Å². The van der Waals surface area contributed by atoms with E-state index in [1.54, 1.807) is 4.68 Å². The Morgan fingerprint density at radius 3 is 2.69 bits per heavy atom. The number of aryl methyl sites for hydroxylation is 1. The van der Waals surface area contributed by atoms with Crippen LogP contribution in [0.3, 0.4) is 0 Å². The maximum absolute atomic E-state index is 12.9. The predicted octanol–water partition coefficient (Wildman–Crippen LogP) is 3.25. The number of ether oxygens (including phenoxy) is 1. The zero-order valence-electron chi connectivity index (χ0n) is 16.2. The third-order valence-electron chi connectivity index (χ3n) is 5.10. The van der Waals surface area contributed by atoms with Crippen LogP contribution in [0.4, 0.5) is 0 Å². The fourth-order valence-corrected chi connectivity index (χ4v) is 3.61. The van der Waals surface area contributed by atoms with Crippen LogP contribution in [0.2, 0.25) is 0 Å². The predicted molar refractivity (Wildman–Crippen MR) is 114 cm³/mol. The van der Waals surface area contributed by atoms with Crippen LogP contribution < -0.4 is 15.4 Å². The van der Waals surface area contributed by atoms with Gasteiger partial charge in [-0.25, -0.2) is 0 Å². The van der Waals surface area contributed by atoms with Crippen LogP contribution in [-0.4, -0.2) is 28.8 Å². The Balaban J connectivity index is 0.00000240. The Morgan fingerprint density at radius 1 is 1.17 bits per heavy atom. The Hall–Kier alpha value is -2.83. The van der Waals surface area contributed by atoms with Crippen LogP contribution in [0.1, 0.15) is 17.0 Å². The molecule has 1 aliphatic heterocycles. The maximum Gasteiger partial charge on any atom is 0.225 e. The molecule has 4 rings (SSSR count). The molecule has 0 radical (unpaired) electrons. The lowest BCUT2D eigenvalue weighted by Crippen LogP contribution is -2.34. The van der Waals surface area contributed by atoms with Crippen molar-refractivity contribution >= 4 is 18.3 Å². The number of aromatic nitrogens is 2. The van der Waals surface area contributed by atoms with Gasteiger partial charge in [0.25, 0.3) is 0 Å². The van der Waals surface area contributed by atoms with E-state index >= 15 is 0 Å². The van der Waals surface area contributed by atoms with Gasteiger partial charge in [-0.05, 0) is 23.8 Å². The van der Waals surface area contributed by atoms with Gasteiger partial charge in [0.1, 0.15) is 11.5 Å². The number of amides is 1. The minimum absolute atomic E-state index is 0. The number of hydrogen-bond acceptors (Lipinski definition) is 4. The second kappa shape index (κ2) is 9.58. The summed E-state index contributed by atoms with van der Waals surface area (Å²) in [5, 5.41) is 10.7. The number of para-hydroxylation sites is 2. The number of halogens is 1. The lowest BCUT2D eigenvalue weighted by molar-refractivity contribution is -0.125. The minimum atomic E-state index is -0.105. The summed E-state index contributed by atoms with van der Waals surface area (Å²) in [6.07, 6.45) is 3.84. The average Bonchev–Trinajstić information content (AvgIpc) is 3.37. The van der Waals surface area contributed by atoms with Gasteiger partial charge in [0.15, 0.2) is 0 Å². The molecule has 2 heterocycles. The van der Waals surface area contributed by atoms with Crippen LogP contribution in [-0.2, 0) is 18.4 Å². The number of carbonyl (C=O) groups excluding carboxylic acids is 1. The van der Waals surface area contributed by atoms with Gasteiger partial charge in [0, 0.05) is 44.4 Å². The second-order valence-corrected chi connectivity index (χ2v) is 7.06. The van der Waals surface area contributed by atoms with Crippen molar-refractivity contribution in [1.29, 1.82) is 0 Å². The summed E-state index contributed by atoms with van der Waals surface area (Å²) in [4.78, 5) is 12.9. The molecule has 2 atom stereocenters. The molecule has 1 saturated heterocycles. The van der Waals surface area contributed by atoms with Gasteiger partial charge in [-0.15, -0.1) is 12.4 Å². The lowest BCUT2D eigenvalue weighted by atomic mass is 9.90. The molecular formula is C22H25ClN4O2. The van der Waals surface area contributed by atoms with E-state index in [-0.39, 0.29) is 30.2 Å². The first kappa shape index (κ1) is 20.9. The van der Waals surface area contributed by atoms with E-state index in [4.69, 9.17) is 4.74 Å². The molecule has 1 aromatic heterocycles. The fraction of sp³-hybridized carbons (Fsp3) is 0.273. The summed E-state index contributed by atoms with van der Waals surface area (Å²) in [6, 6.07) is 17.4. The molecule has 1 fully saturated rings. The summed E-state index contributed by atoms with van der Waals surface area (Å²) in [7, 11) is 1.89. The van der Waals surface area contributed by atoms with Crippen molar-refractivity contribution in [3.8, 4) is 11.5 Å². The molecule has 0 bridgehead atoms. The quantitative estimate of drug-likeness (QED) is 0.652. The molecule has 1 aliphatic rings. The van der Waals surface area contributed by atoms with Crippen LogP contribution >= 0.6 is 12.4 Å². The third kappa shape index (κ3) is 4.96. The summed E-state index contributed by atoms with van der Waals surface area (Å²) >= 11 is 0. The van der Waals surface area contributed by atoms with Crippen molar-refractivity contribution in [3.05, 3.63) is 78.1 Å². The van der Waals surface area contributed by atoms with Crippen molar-refractivity contribution in [2.45, 2.75) is 12.5 Å². The van der Waals surface area contributed by atoms with Gasteiger partial charge >= 0.3 is 0 Å². The molecule has 1 amide bonds. The largest absolute Gasteiger partial charge is 0.457 e. The second-order valence-electron chi connectivity index (χ2n) is 7.06.